The van der Waals surface area contributed by atoms with Gasteiger partial charge < -0.3 is 19.6 Å². The average Bonchev–Trinajstić information content (AvgIpc) is 3.09. The van der Waals surface area contributed by atoms with Crippen LogP contribution in [0.1, 0.15) is 35.8 Å². The summed E-state index contributed by atoms with van der Waals surface area (Å²) in [5.41, 5.74) is 2.64. The quantitative estimate of drug-likeness (QED) is 0.681. The van der Waals surface area contributed by atoms with E-state index in [9.17, 15) is 14.3 Å². The molecule has 6 heteroatoms. The van der Waals surface area contributed by atoms with Crippen LogP contribution in [0.3, 0.4) is 0 Å². The molecule has 0 spiro atoms. The first-order valence-electron chi connectivity index (χ1n) is 9.47. The Hall–Kier alpha value is -2.86. The van der Waals surface area contributed by atoms with Crippen molar-refractivity contribution >= 4 is 16.9 Å². The molecule has 5 nitrogen and oxygen atoms in total. The Bertz CT molecular complexity index is 980. The van der Waals surface area contributed by atoms with Gasteiger partial charge in [0.15, 0.2) is 6.61 Å². The van der Waals surface area contributed by atoms with Crippen molar-refractivity contribution in [2.45, 2.75) is 31.8 Å². The molecule has 1 heterocycles. The first-order chi connectivity index (χ1) is 13.6. The van der Waals surface area contributed by atoms with E-state index in [2.05, 4.69) is 5.32 Å². The first-order valence-corrected chi connectivity index (χ1v) is 9.47. The van der Waals surface area contributed by atoms with Crippen molar-refractivity contribution in [1.29, 1.82) is 0 Å². The van der Waals surface area contributed by atoms with Gasteiger partial charge in [-0.25, -0.2) is 4.39 Å². The standard InChI is InChI=1S/C22H22FNO4/c23-15-7-5-14(6-8-15)19(25)12-24-22(26)13-27-16-9-10-21-18(11-16)17-3-1-2-4-20(17)28-21/h5-11,19,25H,1-4,12-13H2,(H,24,26). The fourth-order valence-electron chi connectivity index (χ4n) is 3.54. The van der Waals surface area contributed by atoms with Crippen LogP contribution in [0, 0.1) is 5.82 Å². The Morgan fingerprint density at radius 1 is 1.18 bits per heavy atom. The number of benzene rings is 2. The van der Waals surface area contributed by atoms with E-state index in [0.717, 1.165) is 42.4 Å². The molecule has 0 bridgehead atoms. The van der Waals surface area contributed by atoms with Gasteiger partial charge in [-0.3, -0.25) is 4.79 Å². The van der Waals surface area contributed by atoms with Gasteiger partial charge >= 0.3 is 0 Å². The molecule has 1 aliphatic rings. The molecule has 1 amide bonds. The minimum Gasteiger partial charge on any atom is -0.484 e. The minimum absolute atomic E-state index is 0.0299. The number of ether oxygens (including phenoxy) is 1. The lowest BCUT2D eigenvalue weighted by Gasteiger charge is -2.13. The highest BCUT2D eigenvalue weighted by molar-refractivity contribution is 5.84. The van der Waals surface area contributed by atoms with Crippen molar-refractivity contribution in [1.82, 2.24) is 5.32 Å². The SMILES string of the molecule is O=C(COc1ccc2oc3c(c2c1)CCCC3)NCC(O)c1ccc(F)cc1. The van der Waals surface area contributed by atoms with E-state index >= 15 is 0 Å². The monoisotopic (exact) mass is 383 g/mol. The lowest BCUT2D eigenvalue weighted by atomic mass is 9.96. The molecule has 2 aromatic carbocycles. The smallest absolute Gasteiger partial charge is 0.258 e. The number of aryl methyl sites for hydroxylation is 2. The van der Waals surface area contributed by atoms with Crippen LogP contribution >= 0.6 is 0 Å². The summed E-state index contributed by atoms with van der Waals surface area (Å²) in [6.45, 7) is -0.121. The van der Waals surface area contributed by atoms with Crippen LogP contribution in [0.25, 0.3) is 11.0 Å². The van der Waals surface area contributed by atoms with E-state index < -0.39 is 6.10 Å². The predicted molar refractivity (Wildman–Crippen MR) is 103 cm³/mol. The van der Waals surface area contributed by atoms with Crippen molar-refractivity contribution in [3.8, 4) is 5.75 Å². The number of fused-ring (bicyclic) bond motifs is 3. The van der Waals surface area contributed by atoms with Crippen molar-refractivity contribution in [3.63, 3.8) is 0 Å². The summed E-state index contributed by atoms with van der Waals surface area (Å²) in [4.78, 5) is 12.0. The summed E-state index contributed by atoms with van der Waals surface area (Å²) in [5.74, 6) is 0.960. The molecule has 1 aromatic heterocycles. The van der Waals surface area contributed by atoms with Crippen LogP contribution in [0.2, 0.25) is 0 Å². The van der Waals surface area contributed by atoms with Gasteiger partial charge in [-0.15, -0.1) is 0 Å². The Morgan fingerprint density at radius 2 is 1.96 bits per heavy atom. The number of rotatable bonds is 6. The number of hydrogen-bond donors (Lipinski definition) is 2. The number of amides is 1. The van der Waals surface area contributed by atoms with Gasteiger partial charge in [0.1, 0.15) is 22.9 Å². The zero-order valence-corrected chi connectivity index (χ0v) is 15.4. The number of nitrogens with one attached hydrogen (secondary N) is 1. The van der Waals surface area contributed by atoms with Gasteiger partial charge in [0, 0.05) is 23.9 Å². The number of carbonyl (C=O) groups is 1. The average molecular weight is 383 g/mol. The van der Waals surface area contributed by atoms with E-state index in [1.807, 2.05) is 12.1 Å². The maximum absolute atomic E-state index is 12.9. The van der Waals surface area contributed by atoms with E-state index in [1.54, 1.807) is 6.07 Å². The molecule has 4 rings (SSSR count). The molecule has 1 aliphatic carbocycles. The second kappa shape index (κ2) is 8.02. The lowest BCUT2D eigenvalue weighted by molar-refractivity contribution is -0.123. The van der Waals surface area contributed by atoms with Crippen molar-refractivity contribution in [3.05, 3.63) is 65.2 Å². The largest absolute Gasteiger partial charge is 0.484 e. The molecule has 0 saturated carbocycles. The Balaban J connectivity index is 1.32. The van der Waals surface area contributed by atoms with Gasteiger partial charge in [-0.05, 0) is 55.2 Å². The highest BCUT2D eigenvalue weighted by Gasteiger charge is 2.18. The molecule has 1 atom stereocenters. The normalized spacial score (nSPS) is 14.5. The third-order valence-corrected chi connectivity index (χ3v) is 5.04. The van der Waals surface area contributed by atoms with E-state index in [1.165, 1.54) is 29.8 Å². The van der Waals surface area contributed by atoms with E-state index in [0.29, 0.717) is 11.3 Å². The molecule has 0 saturated heterocycles. The molecular weight excluding hydrogens is 361 g/mol. The fourth-order valence-corrected chi connectivity index (χ4v) is 3.54. The number of hydrogen-bond acceptors (Lipinski definition) is 4. The van der Waals surface area contributed by atoms with Crippen molar-refractivity contribution < 1.29 is 23.4 Å². The lowest BCUT2D eigenvalue weighted by Crippen LogP contribution is -2.32. The molecule has 0 fully saturated rings. The van der Waals surface area contributed by atoms with Crippen LogP contribution in [0.15, 0.2) is 46.9 Å². The summed E-state index contributed by atoms with van der Waals surface area (Å²) in [6.07, 6.45) is 3.39. The number of aliphatic hydroxyl groups excluding tert-OH is 1. The van der Waals surface area contributed by atoms with Crippen molar-refractivity contribution in [2.75, 3.05) is 13.2 Å². The molecule has 1 unspecified atom stereocenters. The Morgan fingerprint density at radius 3 is 2.79 bits per heavy atom. The van der Waals surface area contributed by atoms with Crippen LogP contribution in [-0.2, 0) is 17.6 Å². The fraction of sp³-hybridized carbons (Fsp3) is 0.318. The first kappa shape index (κ1) is 18.5. The molecule has 28 heavy (non-hydrogen) atoms. The second-order valence-corrected chi connectivity index (χ2v) is 7.03. The van der Waals surface area contributed by atoms with E-state index in [-0.39, 0.29) is 24.9 Å². The minimum atomic E-state index is -0.904. The maximum Gasteiger partial charge on any atom is 0.258 e. The summed E-state index contributed by atoms with van der Waals surface area (Å²) in [5, 5.41) is 13.7. The molecule has 146 valence electrons. The van der Waals surface area contributed by atoms with Crippen LogP contribution < -0.4 is 10.1 Å². The Labute approximate surface area is 162 Å². The van der Waals surface area contributed by atoms with Crippen LogP contribution in [0.4, 0.5) is 4.39 Å². The van der Waals surface area contributed by atoms with E-state index in [4.69, 9.17) is 9.15 Å². The highest BCUT2D eigenvalue weighted by atomic mass is 19.1. The summed E-state index contributed by atoms with van der Waals surface area (Å²) in [7, 11) is 0. The summed E-state index contributed by atoms with van der Waals surface area (Å²) < 4.78 is 24.4. The number of halogens is 1. The molecule has 0 radical (unpaired) electrons. The van der Waals surface area contributed by atoms with Crippen molar-refractivity contribution in [2.24, 2.45) is 0 Å². The third-order valence-electron chi connectivity index (χ3n) is 5.04. The number of aliphatic hydroxyl groups is 1. The number of carbonyl (C=O) groups excluding carboxylic acids is 1. The highest BCUT2D eigenvalue weighted by Crippen LogP contribution is 2.33. The second-order valence-electron chi connectivity index (χ2n) is 7.03. The molecular formula is C22H22FNO4. The van der Waals surface area contributed by atoms with Crippen LogP contribution in [-0.4, -0.2) is 24.2 Å². The zero-order chi connectivity index (χ0) is 19.5. The van der Waals surface area contributed by atoms with Gasteiger partial charge in [0.2, 0.25) is 0 Å². The zero-order valence-electron chi connectivity index (χ0n) is 15.4. The molecule has 2 N–H and O–H groups in total. The predicted octanol–water partition coefficient (Wildman–Crippen LogP) is 3.68. The maximum atomic E-state index is 12.9. The van der Waals surface area contributed by atoms with Gasteiger partial charge in [-0.1, -0.05) is 12.1 Å². The van der Waals surface area contributed by atoms with Gasteiger partial charge in [0.25, 0.3) is 5.91 Å². The summed E-state index contributed by atoms with van der Waals surface area (Å²) in [6, 6.07) is 11.1. The Kier molecular flexibility index (Phi) is 5.30. The topological polar surface area (TPSA) is 71.7 Å². The van der Waals surface area contributed by atoms with Gasteiger partial charge in [-0.2, -0.15) is 0 Å². The molecule has 3 aromatic rings. The molecule has 0 aliphatic heterocycles. The number of furan rings is 1. The third kappa shape index (κ3) is 4.02. The summed E-state index contributed by atoms with van der Waals surface area (Å²) >= 11 is 0. The van der Waals surface area contributed by atoms with Gasteiger partial charge in [0.05, 0.1) is 6.10 Å². The van der Waals surface area contributed by atoms with Crippen LogP contribution in [0.5, 0.6) is 5.75 Å².